The van der Waals surface area contributed by atoms with Crippen molar-refractivity contribution in [3.05, 3.63) is 53.5 Å². The van der Waals surface area contributed by atoms with E-state index in [-0.39, 0.29) is 35.9 Å². The molecular weight excluding hydrogens is 370 g/mol. The van der Waals surface area contributed by atoms with Gasteiger partial charge in [-0.15, -0.1) is 0 Å². The van der Waals surface area contributed by atoms with Crippen molar-refractivity contribution in [1.29, 1.82) is 0 Å². The average Bonchev–Trinajstić information content (AvgIpc) is 3.26. The summed E-state index contributed by atoms with van der Waals surface area (Å²) in [5.74, 6) is -2.80. The van der Waals surface area contributed by atoms with Gasteiger partial charge < -0.3 is 24.2 Å². The second-order valence-electron chi connectivity index (χ2n) is 5.67. The predicted molar refractivity (Wildman–Crippen MR) is 94.9 cm³/mol. The normalized spacial score (nSPS) is 14.0. The van der Waals surface area contributed by atoms with Crippen LogP contribution in [0.25, 0.3) is 5.69 Å². The third kappa shape index (κ3) is 3.45. The van der Waals surface area contributed by atoms with Gasteiger partial charge in [0.25, 0.3) is 0 Å². The molecule has 0 saturated heterocycles. The standard InChI is InChI=1S/C18H17N3O7/c1-26-17(24)13-9-28-10-20(15(13)18(25)27-2)14-8-11(21-7-3-6-19-21)4-5-12(14)16(22)23/h3-8H,9-10H2,1-2H3,(H,22,23). The van der Waals surface area contributed by atoms with Crippen LogP contribution in [0, 0.1) is 0 Å². The minimum absolute atomic E-state index is 0.0681. The average molecular weight is 387 g/mol. The Labute approximate surface area is 159 Å². The lowest BCUT2D eigenvalue weighted by Crippen LogP contribution is -2.39. The molecule has 0 atom stereocenters. The molecule has 1 aliphatic heterocycles. The number of rotatable bonds is 5. The number of carbonyl (C=O) groups excluding carboxylic acids is 2. The van der Waals surface area contributed by atoms with Crippen LogP contribution in [0.5, 0.6) is 0 Å². The summed E-state index contributed by atoms with van der Waals surface area (Å²) in [6.45, 7) is -0.331. The second-order valence-corrected chi connectivity index (χ2v) is 5.67. The molecule has 2 heterocycles. The minimum atomic E-state index is -1.21. The number of hydrogen-bond donors (Lipinski definition) is 1. The van der Waals surface area contributed by atoms with Crippen molar-refractivity contribution in [1.82, 2.24) is 9.78 Å². The molecular formula is C18H17N3O7. The summed E-state index contributed by atoms with van der Waals surface area (Å²) < 4.78 is 16.5. The molecule has 10 heteroatoms. The van der Waals surface area contributed by atoms with Gasteiger partial charge in [-0.1, -0.05) is 0 Å². The zero-order valence-electron chi connectivity index (χ0n) is 15.1. The summed E-state index contributed by atoms with van der Waals surface area (Å²) in [6.07, 6.45) is 3.26. The van der Waals surface area contributed by atoms with Gasteiger partial charge in [-0.25, -0.2) is 19.1 Å². The molecule has 10 nitrogen and oxygen atoms in total. The topological polar surface area (TPSA) is 120 Å². The van der Waals surface area contributed by atoms with Crippen molar-refractivity contribution < 1.29 is 33.7 Å². The van der Waals surface area contributed by atoms with E-state index in [0.29, 0.717) is 5.69 Å². The number of methoxy groups -OCH3 is 2. The fourth-order valence-electron chi connectivity index (χ4n) is 2.82. The number of nitrogens with zero attached hydrogens (tertiary/aromatic N) is 3. The summed E-state index contributed by atoms with van der Waals surface area (Å²) in [6, 6.07) is 6.20. The van der Waals surface area contributed by atoms with Crippen LogP contribution in [-0.2, 0) is 23.8 Å². The van der Waals surface area contributed by atoms with Crippen LogP contribution in [0.3, 0.4) is 0 Å². The van der Waals surface area contributed by atoms with E-state index in [1.165, 1.54) is 28.8 Å². The van der Waals surface area contributed by atoms with Crippen LogP contribution in [0.4, 0.5) is 5.69 Å². The van der Waals surface area contributed by atoms with Gasteiger partial charge in [-0.2, -0.15) is 5.10 Å². The molecule has 1 aromatic carbocycles. The Morgan fingerprint density at radius 1 is 1.18 bits per heavy atom. The Kier molecular flexibility index (Phi) is 5.41. The number of esters is 2. The van der Waals surface area contributed by atoms with Crippen LogP contribution in [0.15, 0.2) is 47.9 Å². The molecule has 0 amide bonds. The van der Waals surface area contributed by atoms with Gasteiger partial charge in [0.1, 0.15) is 12.4 Å². The van der Waals surface area contributed by atoms with Gasteiger partial charge in [0.05, 0.1) is 43.3 Å². The first kappa shape index (κ1) is 19.1. The monoisotopic (exact) mass is 387 g/mol. The van der Waals surface area contributed by atoms with E-state index in [1.807, 2.05) is 0 Å². The van der Waals surface area contributed by atoms with E-state index >= 15 is 0 Å². The largest absolute Gasteiger partial charge is 0.478 e. The van der Waals surface area contributed by atoms with Gasteiger partial charge >= 0.3 is 17.9 Å². The van der Waals surface area contributed by atoms with Gasteiger partial charge in [0, 0.05) is 12.4 Å². The van der Waals surface area contributed by atoms with E-state index in [1.54, 1.807) is 24.5 Å². The van der Waals surface area contributed by atoms with Gasteiger partial charge in [0.2, 0.25) is 0 Å². The van der Waals surface area contributed by atoms with E-state index in [2.05, 4.69) is 5.10 Å². The zero-order chi connectivity index (χ0) is 20.3. The molecule has 1 aliphatic rings. The number of carbonyl (C=O) groups is 3. The highest BCUT2D eigenvalue weighted by molar-refractivity contribution is 6.05. The maximum atomic E-state index is 12.4. The summed E-state index contributed by atoms with van der Waals surface area (Å²) in [5, 5.41) is 13.7. The van der Waals surface area contributed by atoms with Crippen LogP contribution in [-0.4, -0.2) is 60.4 Å². The Morgan fingerprint density at radius 2 is 1.93 bits per heavy atom. The molecule has 0 bridgehead atoms. The fraction of sp³-hybridized carbons (Fsp3) is 0.222. The highest BCUT2D eigenvalue weighted by Gasteiger charge is 2.34. The fourth-order valence-corrected chi connectivity index (χ4v) is 2.82. The molecule has 0 radical (unpaired) electrons. The van der Waals surface area contributed by atoms with E-state index in [0.717, 1.165) is 7.11 Å². The van der Waals surface area contributed by atoms with Crippen molar-refractivity contribution >= 4 is 23.6 Å². The lowest BCUT2D eigenvalue weighted by atomic mass is 10.1. The van der Waals surface area contributed by atoms with Crippen LogP contribution in [0.1, 0.15) is 10.4 Å². The third-order valence-corrected chi connectivity index (χ3v) is 4.10. The van der Waals surface area contributed by atoms with Crippen LogP contribution >= 0.6 is 0 Å². The first-order valence-corrected chi connectivity index (χ1v) is 8.10. The van der Waals surface area contributed by atoms with Crippen molar-refractivity contribution in [2.24, 2.45) is 0 Å². The van der Waals surface area contributed by atoms with Crippen molar-refractivity contribution in [2.45, 2.75) is 0 Å². The summed E-state index contributed by atoms with van der Waals surface area (Å²) >= 11 is 0. The lowest BCUT2D eigenvalue weighted by molar-refractivity contribution is -0.140. The van der Waals surface area contributed by atoms with Crippen molar-refractivity contribution in [3.63, 3.8) is 0 Å². The Morgan fingerprint density at radius 3 is 2.54 bits per heavy atom. The third-order valence-electron chi connectivity index (χ3n) is 4.10. The van der Waals surface area contributed by atoms with Crippen molar-refractivity contribution in [3.8, 4) is 5.69 Å². The van der Waals surface area contributed by atoms with E-state index in [9.17, 15) is 19.5 Å². The molecule has 28 heavy (non-hydrogen) atoms. The van der Waals surface area contributed by atoms with Crippen LogP contribution in [0.2, 0.25) is 0 Å². The highest BCUT2D eigenvalue weighted by Crippen LogP contribution is 2.31. The Hall–Kier alpha value is -3.66. The maximum Gasteiger partial charge on any atom is 0.355 e. The zero-order valence-corrected chi connectivity index (χ0v) is 15.1. The summed E-state index contributed by atoms with van der Waals surface area (Å²) in [4.78, 5) is 37.6. The first-order valence-electron chi connectivity index (χ1n) is 8.10. The van der Waals surface area contributed by atoms with Gasteiger partial charge in [0.15, 0.2) is 0 Å². The van der Waals surface area contributed by atoms with Gasteiger partial charge in [-0.05, 0) is 24.3 Å². The number of anilines is 1. The molecule has 0 fully saturated rings. The molecule has 1 N–H and O–H groups in total. The SMILES string of the molecule is COC(=O)C1=C(C(=O)OC)N(c2cc(-n3cccn3)ccc2C(=O)O)COC1. The lowest BCUT2D eigenvalue weighted by Gasteiger charge is -2.32. The second kappa shape index (κ2) is 7.92. The van der Waals surface area contributed by atoms with Crippen LogP contribution < -0.4 is 4.90 Å². The minimum Gasteiger partial charge on any atom is -0.478 e. The predicted octanol–water partition coefficient (Wildman–Crippen LogP) is 0.965. The van der Waals surface area contributed by atoms with Gasteiger partial charge in [-0.3, -0.25) is 0 Å². The quantitative estimate of drug-likeness (QED) is 0.748. The Bertz CT molecular complexity index is 950. The molecule has 3 rings (SSSR count). The number of carboxylic acid groups (broad SMARTS) is 1. The number of carboxylic acids is 1. The number of aromatic nitrogens is 2. The molecule has 2 aromatic rings. The van der Waals surface area contributed by atoms with E-state index in [4.69, 9.17) is 14.2 Å². The number of hydrogen-bond acceptors (Lipinski definition) is 8. The highest BCUT2D eigenvalue weighted by atomic mass is 16.5. The molecule has 146 valence electrons. The molecule has 0 unspecified atom stereocenters. The summed E-state index contributed by atoms with van der Waals surface area (Å²) in [5.41, 5.74) is 0.399. The maximum absolute atomic E-state index is 12.4. The number of aromatic carboxylic acids is 1. The molecule has 0 spiro atoms. The number of benzene rings is 1. The molecule has 0 saturated carbocycles. The smallest absolute Gasteiger partial charge is 0.355 e. The first-order chi connectivity index (χ1) is 13.5. The molecule has 0 aliphatic carbocycles. The summed E-state index contributed by atoms with van der Waals surface area (Å²) in [7, 11) is 2.33. The molecule has 1 aromatic heterocycles. The van der Waals surface area contributed by atoms with E-state index < -0.39 is 17.9 Å². The number of ether oxygens (including phenoxy) is 3. The Balaban J connectivity index is 2.21. The van der Waals surface area contributed by atoms with Crippen molar-refractivity contribution in [2.75, 3.05) is 32.5 Å².